The van der Waals surface area contributed by atoms with E-state index < -0.39 is 4.92 Å². The van der Waals surface area contributed by atoms with Gasteiger partial charge < -0.3 is 20.5 Å². The third-order valence-electron chi connectivity index (χ3n) is 2.40. The van der Waals surface area contributed by atoms with Gasteiger partial charge >= 0.3 is 0 Å². The van der Waals surface area contributed by atoms with Crippen LogP contribution in [-0.2, 0) is 0 Å². The van der Waals surface area contributed by atoms with Gasteiger partial charge in [-0.1, -0.05) is 0 Å². The highest BCUT2D eigenvalue weighted by Crippen LogP contribution is 2.37. The number of rotatable bonds is 4. The monoisotopic (exact) mass is 239 g/mol. The molecular formula is C10H13N3O4. The normalized spacial score (nSPS) is 13.2. The van der Waals surface area contributed by atoms with Crippen LogP contribution < -0.4 is 15.4 Å². The molecule has 0 saturated heterocycles. The number of nitro groups is 1. The van der Waals surface area contributed by atoms with E-state index in [1.165, 1.54) is 6.07 Å². The first-order chi connectivity index (χ1) is 8.22. The second kappa shape index (κ2) is 4.88. The highest BCUT2D eigenvalue weighted by molar-refractivity contribution is 5.74. The molecule has 0 unspecified atom stereocenters. The Balaban J connectivity index is 2.37. The van der Waals surface area contributed by atoms with Crippen LogP contribution in [0, 0.1) is 10.1 Å². The molecule has 92 valence electrons. The van der Waals surface area contributed by atoms with Gasteiger partial charge in [-0.05, 0) is 0 Å². The Hall–Kier alpha value is -2.02. The Morgan fingerprint density at radius 3 is 3.12 bits per heavy atom. The van der Waals surface area contributed by atoms with Gasteiger partial charge in [0.25, 0.3) is 5.69 Å². The van der Waals surface area contributed by atoms with E-state index >= 15 is 0 Å². The Labute approximate surface area is 97.5 Å². The van der Waals surface area contributed by atoms with Crippen LogP contribution in [0.4, 0.5) is 17.1 Å². The summed E-state index contributed by atoms with van der Waals surface area (Å²) in [6.07, 6.45) is 0. The lowest BCUT2D eigenvalue weighted by atomic mass is 10.2. The van der Waals surface area contributed by atoms with Gasteiger partial charge in [-0.25, -0.2) is 0 Å². The average molecular weight is 239 g/mol. The quantitative estimate of drug-likeness (QED) is 0.531. The summed E-state index contributed by atoms with van der Waals surface area (Å²) in [6, 6.07) is 3.02. The lowest BCUT2D eigenvalue weighted by Gasteiger charge is -2.20. The van der Waals surface area contributed by atoms with E-state index in [1.807, 2.05) is 0 Å². The Morgan fingerprint density at radius 1 is 1.59 bits per heavy atom. The van der Waals surface area contributed by atoms with Crippen LogP contribution in [-0.4, -0.2) is 36.3 Å². The number of nitro benzene ring substituents is 1. The molecule has 0 spiro atoms. The third kappa shape index (κ3) is 2.39. The fourth-order valence-corrected chi connectivity index (χ4v) is 1.66. The first-order valence-electron chi connectivity index (χ1n) is 5.26. The molecule has 1 aromatic carbocycles. The summed E-state index contributed by atoms with van der Waals surface area (Å²) in [5.41, 5.74) is 0.944. The van der Waals surface area contributed by atoms with Crippen LogP contribution in [0.2, 0.25) is 0 Å². The predicted octanol–water partition coefficient (Wildman–Crippen LogP) is 0.803. The molecule has 0 fully saturated rings. The summed E-state index contributed by atoms with van der Waals surface area (Å²) >= 11 is 0. The number of hydrogen-bond acceptors (Lipinski definition) is 6. The minimum absolute atomic E-state index is 0.0322. The van der Waals surface area contributed by atoms with Crippen LogP contribution in [0.5, 0.6) is 5.75 Å². The van der Waals surface area contributed by atoms with Crippen LogP contribution in [0.3, 0.4) is 0 Å². The molecule has 7 nitrogen and oxygen atoms in total. The number of hydrogen-bond donors (Lipinski definition) is 3. The fraction of sp³-hybridized carbons (Fsp3) is 0.400. The Bertz CT molecular complexity index is 436. The molecule has 2 rings (SSSR count). The van der Waals surface area contributed by atoms with Gasteiger partial charge in [0.05, 0.1) is 17.2 Å². The van der Waals surface area contributed by atoms with Crippen LogP contribution in [0.25, 0.3) is 0 Å². The molecule has 0 atom stereocenters. The van der Waals surface area contributed by atoms with Crippen molar-refractivity contribution in [2.45, 2.75) is 0 Å². The van der Waals surface area contributed by atoms with Crippen molar-refractivity contribution in [3.8, 4) is 5.75 Å². The number of aliphatic hydroxyl groups excluding tert-OH is 1. The Morgan fingerprint density at radius 2 is 2.41 bits per heavy atom. The highest BCUT2D eigenvalue weighted by atomic mass is 16.6. The fourth-order valence-electron chi connectivity index (χ4n) is 1.66. The predicted molar refractivity (Wildman–Crippen MR) is 62.7 cm³/mol. The van der Waals surface area contributed by atoms with Crippen molar-refractivity contribution in [1.82, 2.24) is 0 Å². The molecule has 1 heterocycles. The molecule has 3 N–H and O–H groups in total. The van der Waals surface area contributed by atoms with E-state index in [-0.39, 0.29) is 18.8 Å². The van der Waals surface area contributed by atoms with Crippen molar-refractivity contribution in [2.75, 3.05) is 36.9 Å². The minimum Gasteiger partial charge on any atom is -0.489 e. The first kappa shape index (κ1) is 11.5. The zero-order valence-corrected chi connectivity index (χ0v) is 9.10. The standard InChI is InChI=1S/C10H13N3O4/c14-3-1-11-7-6-10-8(12-2-4-17-10)5-9(7)13(15)16/h5-6,11-12,14H,1-4H2. The molecule has 7 heteroatoms. The highest BCUT2D eigenvalue weighted by Gasteiger charge is 2.20. The molecule has 17 heavy (non-hydrogen) atoms. The first-order valence-corrected chi connectivity index (χ1v) is 5.26. The average Bonchev–Trinajstić information content (AvgIpc) is 2.35. The smallest absolute Gasteiger partial charge is 0.294 e. The van der Waals surface area contributed by atoms with E-state index in [2.05, 4.69) is 10.6 Å². The van der Waals surface area contributed by atoms with E-state index in [1.54, 1.807) is 6.07 Å². The number of ether oxygens (including phenoxy) is 1. The van der Waals surface area contributed by atoms with E-state index in [0.29, 0.717) is 30.3 Å². The maximum Gasteiger partial charge on any atom is 0.294 e. The number of nitrogens with one attached hydrogen (secondary N) is 2. The SMILES string of the molecule is O=[N+]([O-])c1cc2c(cc1NCCO)OCCN2. The summed E-state index contributed by atoms with van der Waals surface area (Å²) in [7, 11) is 0. The number of anilines is 2. The Kier molecular flexibility index (Phi) is 3.29. The van der Waals surface area contributed by atoms with Crippen molar-refractivity contribution in [3.63, 3.8) is 0 Å². The number of fused-ring (bicyclic) bond motifs is 1. The van der Waals surface area contributed by atoms with E-state index in [9.17, 15) is 10.1 Å². The van der Waals surface area contributed by atoms with Crippen molar-refractivity contribution in [1.29, 1.82) is 0 Å². The van der Waals surface area contributed by atoms with Gasteiger partial charge in [0, 0.05) is 25.2 Å². The molecule has 0 aliphatic carbocycles. The summed E-state index contributed by atoms with van der Waals surface area (Å²) in [4.78, 5) is 10.4. The minimum atomic E-state index is -0.462. The molecule has 0 bridgehead atoms. The van der Waals surface area contributed by atoms with Gasteiger partial charge in [0.1, 0.15) is 18.0 Å². The van der Waals surface area contributed by atoms with Crippen LogP contribution >= 0.6 is 0 Å². The van der Waals surface area contributed by atoms with Gasteiger partial charge in [0.15, 0.2) is 0 Å². The van der Waals surface area contributed by atoms with Gasteiger partial charge in [-0.15, -0.1) is 0 Å². The van der Waals surface area contributed by atoms with E-state index in [0.717, 1.165) is 0 Å². The largest absolute Gasteiger partial charge is 0.489 e. The zero-order valence-electron chi connectivity index (χ0n) is 9.10. The van der Waals surface area contributed by atoms with Crippen LogP contribution in [0.15, 0.2) is 12.1 Å². The third-order valence-corrected chi connectivity index (χ3v) is 2.40. The second-order valence-corrected chi connectivity index (χ2v) is 3.55. The zero-order chi connectivity index (χ0) is 12.3. The maximum atomic E-state index is 10.9. The summed E-state index contributed by atoms with van der Waals surface area (Å²) < 4.78 is 5.39. The summed E-state index contributed by atoms with van der Waals surface area (Å²) in [5, 5.41) is 25.5. The number of aliphatic hydroxyl groups is 1. The van der Waals surface area contributed by atoms with Crippen molar-refractivity contribution in [2.24, 2.45) is 0 Å². The molecule has 0 saturated carbocycles. The van der Waals surface area contributed by atoms with Crippen molar-refractivity contribution >= 4 is 17.1 Å². The molecule has 0 amide bonds. The lowest BCUT2D eigenvalue weighted by Crippen LogP contribution is -2.18. The molecule has 0 aromatic heterocycles. The van der Waals surface area contributed by atoms with E-state index in [4.69, 9.17) is 9.84 Å². The molecule has 1 aliphatic heterocycles. The molecule has 1 aliphatic rings. The maximum absolute atomic E-state index is 10.9. The number of nitrogens with zero attached hydrogens (tertiary/aromatic N) is 1. The van der Waals surface area contributed by atoms with Gasteiger partial charge in [0.2, 0.25) is 0 Å². The second-order valence-electron chi connectivity index (χ2n) is 3.55. The van der Waals surface area contributed by atoms with Crippen molar-refractivity contribution < 1.29 is 14.8 Å². The summed E-state index contributed by atoms with van der Waals surface area (Å²) in [6.45, 7) is 1.33. The van der Waals surface area contributed by atoms with Gasteiger partial charge in [-0.2, -0.15) is 0 Å². The van der Waals surface area contributed by atoms with Crippen LogP contribution in [0.1, 0.15) is 0 Å². The molecule has 0 radical (unpaired) electrons. The lowest BCUT2D eigenvalue weighted by molar-refractivity contribution is -0.383. The van der Waals surface area contributed by atoms with Crippen molar-refractivity contribution in [3.05, 3.63) is 22.2 Å². The topological polar surface area (TPSA) is 96.7 Å². The number of benzene rings is 1. The summed E-state index contributed by atoms with van der Waals surface area (Å²) in [5.74, 6) is 0.585. The van der Waals surface area contributed by atoms with Gasteiger partial charge in [-0.3, -0.25) is 10.1 Å². The molecular weight excluding hydrogens is 226 g/mol. The molecule has 1 aromatic rings.